The van der Waals surface area contributed by atoms with E-state index in [0.717, 1.165) is 30.8 Å². The first kappa shape index (κ1) is 19.3. The summed E-state index contributed by atoms with van der Waals surface area (Å²) in [6, 6.07) is 14.6. The van der Waals surface area contributed by atoms with Crippen LogP contribution in [0.15, 0.2) is 42.5 Å². The van der Waals surface area contributed by atoms with Crippen LogP contribution in [0.4, 0.5) is 5.69 Å². The minimum atomic E-state index is 0.209. The van der Waals surface area contributed by atoms with Crippen LogP contribution in [0.5, 0.6) is 5.75 Å². The van der Waals surface area contributed by atoms with Gasteiger partial charge >= 0.3 is 0 Å². The number of thiocarbonyl (C=S) groups is 1. The van der Waals surface area contributed by atoms with Crippen molar-refractivity contribution in [3.05, 3.63) is 59.2 Å². The SMILES string of the molecule is Cc1ccc(NC(=S)NCCCc2ccc(OC(C)C)cc2)cc1C. The maximum absolute atomic E-state index is 5.66. The molecule has 2 aromatic carbocycles. The number of benzene rings is 2. The Labute approximate surface area is 156 Å². The molecule has 2 N–H and O–H groups in total. The molecule has 0 amide bonds. The molecule has 0 bridgehead atoms. The van der Waals surface area contributed by atoms with Gasteiger partial charge in [-0.3, -0.25) is 0 Å². The zero-order valence-electron chi connectivity index (χ0n) is 15.6. The fourth-order valence-corrected chi connectivity index (χ4v) is 2.72. The van der Waals surface area contributed by atoms with Gasteiger partial charge in [-0.25, -0.2) is 0 Å². The molecule has 0 aromatic heterocycles. The Balaban J connectivity index is 1.69. The summed E-state index contributed by atoms with van der Waals surface area (Å²) < 4.78 is 5.66. The standard InChI is InChI=1S/C21H28N2OS/c1-15(2)24-20-11-8-18(9-12-20)6-5-13-22-21(25)23-19-10-7-16(3)17(4)14-19/h7-12,14-15H,5-6,13H2,1-4H3,(H2,22,23,25). The van der Waals surface area contributed by atoms with Crippen molar-refractivity contribution in [3.63, 3.8) is 0 Å². The van der Waals surface area contributed by atoms with Gasteiger partial charge in [-0.1, -0.05) is 18.2 Å². The van der Waals surface area contributed by atoms with E-state index >= 15 is 0 Å². The highest BCUT2D eigenvalue weighted by Crippen LogP contribution is 2.15. The van der Waals surface area contributed by atoms with Gasteiger partial charge in [-0.2, -0.15) is 0 Å². The minimum Gasteiger partial charge on any atom is -0.491 e. The normalized spacial score (nSPS) is 10.6. The molecule has 2 aromatic rings. The summed E-state index contributed by atoms with van der Waals surface area (Å²) in [7, 11) is 0. The van der Waals surface area contributed by atoms with Crippen molar-refractivity contribution >= 4 is 23.0 Å². The lowest BCUT2D eigenvalue weighted by atomic mass is 10.1. The summed E-state index contributed by atoms with van der Waals surface area (Å²) in [5.41, 5.74) is 4.89. The van der Waals surface area contributed by atoms with E-state index in [0.29, 0.717) is 5.11 Å². The topological polar surface area (TPSA) is 33.3 Å². The van der Waals surface area contributed by atoms with Crippen molar-refractivity contribution in [1.82, 2.24) is 5.32 Å². The fourth-order valence-electron chi connectivity index (χ4n) is 2.50. The lowest BCUT2D eigenvalue weighted by molar-refractivity contribution is 0.242. The van der Waals surface area contributed by atoms with Gasteiger partial charge in [-0.05, 0) is 93.7 Å². The monoisotopic (exact) mass is 356 g/mol. The molecular weight excluding hydrogens is 328 g/mol. The predicted molar refractivity (Wildman–Crippen MR) is 111 cm³/mol. The third kappa shape index (κ3) is 6.75. The minimum absolute atomic E-state index is 0.209. The molecule has 25 heavy (non-hydrogen) atoms. The molecule has 0 atom stereocenters. The maximum Gasteiger partial charge on any atom is 0.170 e. The lowest BCUT2D eigenvalue weighted by Crippen LogP contribution is -2.29. The summed E-state index contributed by atoms with van der Waals surface area (Å²) in [6.07, 6.45) is 2.25. The molecular formula is C21H28N2OS. The number of anilines is 1. The molecule has 0 heterocycles. The first-order valence-corrected chi connectivity index (χ1v) is 9.22. The molecule has 0 fully saturated rings. The first-order chi connectivity index (χ1) is 11.9. The number of aryl methyl sites for hydroxylation is 3. The zero-order chi connectivity index (χ0) is 18.2. The van der Waals surface area contributed by atoms with Gasteiger partial charge in [0.1, 0.15) is 5.75 Å². The number of nitrogens with one attached hydrogen (secondary N) is 2. The quantitative estimate of drug-likeness (QED) is 0.540. The zero-order valence-corrected chi connectivity index (χ0v) is 16.4. The molecule has 0 spiro atoms. The number of ether oxygens (including phenoxy) is 1. The third-order valence-corrected chi connectivity index (χ3v) is 4.23. The van der Waals surface area contributed by atoms with Crippen LogP contribution in [0.25, 0.3) is 0 Å². The highest BCUT2D eigenvalue weighted by Gasteiger charge is 2.01. The third-order valence-electron chi connectivity index (χ3n) is 3.99. The lowest BCUT2D eigenvalue weighted by Gasteiger charge is -2.12. The Morgan fingerprint density at radius 1 is 1.04 bits per heavy atom. The largest absolute Gasteiger partial charge is 0.491 e. The van der Waals surface area contributed by atoms with Crippen LogP contribution < -0.4 is 15.4 Å². The second-order valence-electron chi connectivity index (χ2n) is 6.59. The van der Waals surface area contributed by atoms with Gasteiger partial charge in [-0.15, -0.1) is 0 Å². The molecule has 0 aliphatic heterocycles. The van der Waals surface area contributed by atoms with Crippen LogP contribution in [0.3, 0.4) is 0 Å². The van der Waals surface area contributed by atoms with Crippen molar-refractivity contribution in [3.8, 4) is 5.75 Å². The Morgan fingerprint density at radius 3 is 2.40 bits per heavy atom. The fraction of sp³-hybridized carbons (Fsp3) is 0.381. The second-order valence-corrected chi connectivity index (χ2v) is 7.00. The molecule has 0 unspecified atom stereocenters. The molecule has 2 rings (SSSR count). The van der Waals surface area contributed by atoms with Crippen molar-refractivity contribution in [2.24, 2.45) is 0 Å². The average molecular weight is 357 g/mol. The van der Waals surface area contributed by atoms with Crippen LogP contribution in [-0.4, -0.2) is 17.8 Å². The van der Waals surface area contributed by atoms with Crippen LogP contribution >= 0.6 is 12.2 Å². The predicted octanol–water partition coefficient (Wildman–Crippen LogP) is 5.01. The van der Waals surface area contributed by atoms with Crippen LogP contribution in [0.1, 0.15) is 37.0 Å². The highest BCUT2D eigenvalue weighted by atomic mass is 32.1. The molecule has 134 valence electrons. The Hall–Kier alpha value is -2.07. The van der Waals surface area contributed by atoms with Crippen LogP contribution in [0.2, 0.25) is 0 Å². The van der Waals surface area contributed by atoms with Crippen molar-refractivity contribution in [2.45, 2.75) is 46.6 Å². The van der Waals surface area contributed by atoms with E-state index in [4.69, 9.17) is 17.0 Å². The smallest absolute Gasteiger partial charge is 0.170 e. The summed E-state index contributed by atoms with van der Waals surface area (Å²) in [6.45, 7) is 9.13. The maximum atomic E-state index is 5.66. The molecule has 0 radical (unpaired) electrons. The van der Waals surface area contributed by atoms with Gasteiger partial charge in [0.2, 0.25) is 0 Å². The average Bonchev–Trinajstić information content (AvgIpc) is 2.56. The van der Waals surface area contributed by atoms with Gasteiger partial charge < -0.3 is 15.4 Å². The van der Waals surface area contributed by atoms with Gasteiger partial charge in [0.15, 0.2) is 5.11 Å². The Kier molecular flexibility index (Phi) is 7.26. The summed E-state index contributed by atoms with van der Waals surface area (Å²) in [4.78, 5) is 0. The van der Waals surface area contributed by atoms with Crippen molar-refractivity contribution < 1.29 is 4.74 Å². The van der Waals surface area contributed by atoms with E-state index in [9.17, 15) is 0 Å². The van der Waals surface area contributed by atoms with E-state index in [1.165, 1.54) is 16.7 Å². The van der Waals surface area contributed by atoms with E-state index in [2.05, 4.69) is 54.8 Å². The van der Waals surface area contributed by atoms with Gasteiger partial charge in [0.25, 0.3) is 0 Å². The van der Waals surface area contributed by atoms with E-state index in [1.807, 2.05) is 26.0 Å². The van der Waals surface area contributed by atoms with Crippen LogP contribution in [-0.2, 0) is 6.42 Å². The van der Waals surface area contributed by atoms with Crippen molar-refractivity contribution in [2.75, 3.05) is 11.9 Å². The van der Waals surface area contributed by atoms with Crippen molar-refractivity contribution in [1.29, 1.82) is 0 Å². The number of hydrogen-bond acceptors (Lipinski definition) is 2. The molecule has 3 nitrogen and oxygen atoms in total. The highest BCUT2D eigenvalue weighted by molar-refractivity contribution is 7.80. The summed E-state index contributed by atoms with van der Waals surface area (Å²) in [5, 5.41) is 7.18. The van der Waals surface area contributed by atoms with E-state index in [-0.39, 0.29) is 6.10 Å². The molecule has 0 aliphatic rings. The molecule has 0 aliphatic carbocycles. The summed E-state index contributed by atoms with van der Waals surface area (Å²) in [5.74, 6) is 0.927. The second kappa shape index (κ2) is 9.42. The Morgan fingerprint density at radius 2 is 1.76 bits per heavy atom. The molecule has 4 heteroatoms. The number of hydrogen-bond donors (Lipinski definition) is 2. The van der Waals surface area contributed by atoms with E-state index < -0.39 is 0 Å². The number of rotatable bonds is 7. The molecule has 0 saturated carbocycles. The summed E-state index contributed by atoms with van der Waals surface area (Å²) >= 11 is 5.36. The van der Waals surface area contributed by atoms with Gasteiger partial charge in [0, 0.05) is 12.2 Å². The van der Waals surface area contributed by atoms with E-state index in [1.54, 1.807) is 0 Å². The van der Waals surface area contributed by atoms with Crippen LogP contribution in [0, 0.1) is 13.8 Å². The molecule has 0 saturated heterocycles. The van der Waals surface area contributed by atoms with Gasteiger partial charge in [0.05, 0.1) is 6.10 Å². The first-order valence-electron chi connectivity index (χ1n) is 8.82. The Bertz CT molecular complexity index is 696.